The average Bonchev–Trinajstić information content (AvgIpc) is 2.47. The average molecular weight is 361 g/mol. The van der Waals surface area contributed by atoms with Gasteiger partial charge in [-0.05, 0) is 49.1 Å². The van der Waals surface area contributed by atoms with Crippen LogP contribution in [-0.4, -0.2) is 23.7 Å². The fraction of sp³-hybridized carbons (Fsp3) is 0.385. The van der Waals surface area contributed by atoms with Crippen LogP contribution in [0.25, 0.3) is 0 Å². The van der Waals surface area contributed by atoms with Gasteiger partial charge >= 0.3 is 6.80 Å². The van der Waals surface area contributed by atoms with E-state index in [4.69, 9.17) is 14.8 Å². The van der Waals surface area contributed by atoms with Gasteiger partial charge in [0.15, 0.2) is 5.11 Å². The number of hydrogen-bond donors (Lipinski definition) is 2. The van der Waals surface area contributed by atoms with Crippen LogP contribution >= 0.6 is 30.4 Å². The molecule has 0 aliphatic rings. The Morgan fingerprint density at radius 2 is 2.23 bits per heavy atom. The highest BCUT2D eigenvalue weighted by Gasteiger charge is 2.27. The van der Waals surface area contributed by atoms with Gasteiger partial charge in [-0.1, -0.05) is 19.1 Å². The third-order valence-corrected chi connectivity index (χ3v) is 6.28. The Bertz CT molecular complexity index is 569. The van der Waals surface area contributed by atoms with Crippen molar-refractivity contribution in [2.45, 2.75) is 20.3 Å². The van der Waals surface area contributed by atoms with E-state index in [0.717, 1.165) is 6.42 Å². The first-order chi connectivity index (χ1) is 10.5. The Hall–Kier alpha value is -1.08. The molecule has 22 heavy (non-hydrogen) atoms. The van der Waals surface area contributed by atoms with Crippen molar-refractivity contribution in [2.75, 3.05) is 12.4 Å². The molecule has 0 bridgehead atoms. The Morgan fingerprint density at radius 3 is 2.86 bits per heavy atom. The van der Waals surface area contributed by atoms with Crippen LogP contribution in [-0.2, 0) is 9.09 Å². The number of nitrogens with one attached hydrogen (secondary N) is 1. The molecular weight excluding hydrogens is 341 g/mol. The van der Waals surface area contributed by atoms with Gasteiger partial charge in [0, 0.05) is 11.3 Å². The summed E-state index contributed by atoms with van der Waals surface area (Å²) in [5.74, 6) is 1.12. The van der Waals surface area contributed by atoms with Gasteiger partial charge in [-0.25, -0.2) is 4.57 Å². The molecule has 1 aromatic carbocycles. The molecule has 0 saturated heterocycles. The van der Waals surface area contributed by atoms with Crippen LogP contribution in [0, 0.1) is 0 Å². The summed E-state index contributed by atoms with van der Waals surface area (Å²) in [5, 5.41) is 3.94. The lowest BCUT2D eigenvalue weighted by Gasteiger charge is -2.18. The first-order valence-electron chi connectivity index (χ1n) is 6.77. The number of benzene rings is 1. The maximum Gasteiger partial charge on any atom is 0.440 e. The molecule has 0 fully saturated rings. The fourth-order valence-electron chi connectivity index (χ4n) is 1.41. The lowest BCUT2D eigenvalue weighted by atomic mass is 10.2. The molecule has 1 unspecified atom stereocenters. The minimum Gasteiger partial charge on any atom is -0.416 e. The lowest BCUT2D eigenvalue weighted by Crippen LogP contribution is -2.24. The van der Waals surface area contributed by atoms with E-state index >= 15 is 0 Å². The molecule has 0 saturated carbocycles. The van der Waals surface area contributed by atoms with Gasteiger partial charge in [0.2, 0.25) is 0 Å². The summed E-state index contributed by atoms with van der Waals surface area (Å²) >= 11 is 5.86. The zero-order valence-corrected chi connectivity index (χ0v) is 15.0. The molecule has 1 aromatic rings. The zero-order valence-electron chi connectivity index (χ0n) is 12.5. The summed E-state index contributed by atoms with van der Waals surface area (Å²) < 4.78 is 23.7. The van der Waals surface area contributed by atoms with Crippen LogP contribution in [0.5, 0.6) is 5.75 Å². The standard InChI is InChI=1S/C13H20N3O3PS2/c1-3-9-22-20(17,18-4-2)19-12-8-6-5-7-11(12)10-15-16-13(14)21/h5-8,10H,3-4,9H2,1-2H3,(H3,14,16,21). The number of rotatable bonds is 9. The van der Waals surface area contributed by atoms with Gasteiger partial charge in [-0.2, -0.15) is 5.10 Å². The number of nitrogens with two attached hydrogens (primary N) is 1. The summed E-state index contributed by atoms with van der Waals surface area (Å²) in [4.78, 5) is 0. The van der Waals surface area contributed by atoms with Gasteiger partial charge in [-0.15, -0.1) is 0 Å². The van der Waals surface area contributed by atoms with E-state index in [1.807, 2.05) is 13.0 Å². The smallest absolute Gasteiger partial charge is 0.416 e. The second-order valence-corrected chi connectivity index (χ2v) is 8.62. The summed E-state index contributed by atoms with van der Waals surface area (Å²) in [7, 11) is 0. The monoisotopic (exact) mass is 361 g/mol. The molecule has 6 nitrogen and oxygen atoms in total. The Labute approximate surface area is 140 Å². The second-order valence-electron chi connectivity index (χ2n) is 4.06. The van der Waals surface area contributed by atoms with Crippen molar-refractivity contribution >= 4 is 41.7 Å². The van der Waals surface area contributed by atoms with Crippen molar-refractivity contribution in [3.63, 3.8) is 0 Å². The number of hydrazone groups is 1. The van der Waals surface area contributed by atoms with E-state index in [9.17, 15) is 4.57 Å². The molecule has 1 rings (SSSR count). The van der Waals surface area contributed by atoms with Crippen LogP contribution in [0.2, 0.25) is 0 Å². The number of nitrogens with zero attached hydrogens (tertiary/aromatic N) is 1. The Morgan fingerprint density at radius 1 is 1.50 bits per heavy atom. The van der Waals surface area contributed by atoms with Crippen LogP contribution in [0.1, 0.15) is 25.8 Å². The van der Waals surface area contributed by atoms with Crippen LogP contribution in [0.15, 0.2) is 29.4 Å². The second kappa shape index (κ2) is 9.84. The minimum absolute atomic E-state index is 0.0631. The number of thiocarbonyl (C=S) groups is 1. The molecule has 0 radical (unpaired) electrons. The summed E-state index contributed by atoms with van der Waals surface area (Å²) in [6.07, 6.45) is 2.38. The van der Waals surface area contributed by atoms with Gasteiger partial charge in [0.05, 0.1) is 12.8 Å². The Kier molecular flexibility index (Phi) is 8.48. The van der Waals surface area contributed by atoms with Crippen molar-refractivity contribution in [3.8, 4) is 5.75 Å². The third-order valence-electron chi connectivity index (χ3n) is 2.25. The van der Waals surface area contributed by atoms with E-state index in [0.29, 0.717) is 23.7 Å². The summed E-state index contributed by atoms with van der Waals surface area (Å²) in [6.45, 7) is 0.846. The van der Waals surface area contributed by atoms with Crippen molar-refractivity contribution in [1.82, 2.24) is 5.43 Å². The van der Waals surface area contributed by atoms with Crippen LogP contribution in [0.4, 0.5) is 0 Å². The molecule has 0 spiro atoms. The van der Waals surface area contributed by atoms with Crippen molar-refractivity contribution in [1.29, 1.82) is 0 Å². The van der Waals surface area contributed by atoms with Crippen molar-refractivity contribution in [3.05, 3.63) is 29.8 Å². The van der Waals surface area contributed by atoms with E-state index in [2.05, 4.69) is 22.7 Å². The molecule has 1 atom stereocenters. The minimum atomic E-state index is -3.25. The van der Waals surface area contributed by atoms with Gasteiger partial charge in [0.1, 0.15) is 5.75 Å². The highest BCUT2D eigenvalue weighted by molar-refractivity contribution is 8.55. The largest absolute Gasteiger partial charge is 0.440 e. The third kappa shape index (κ3) is 6.79. The van der Waals surface area contributed by atoms with Crippen molar-refractivity contribution < 1.29 is 13.6 Å². The molecule has 0 aliphatic carbocycles. The van der Waals surface area contributed by atoms with Crippen molar-refractivity contribution in [2.24, 2.45) is 10.8 Å². The van der Waals surface area contributed by atoms with E-state index < -0.39 is 6.80 Å². The summed E-state index contributed by atoms with van der Waals surface area (Å²) in [6, 6.07) is 7.09. The predicted octanol–water partition coefficient (Wildman–Crippen LogP) is 3.52. The van der Waals surface area contributed by atoms with Gasteiger partial charge < -0.3 is 10.3 Å². The molecule has 0 amide bonds. The zero-order chi connectivity index (χ0) is 16.4. The molecule has 9 heteroatoms. The van der Waals surface area contributed by atoms with E-state index in [1.165, 1.54) is 17.6 Å². The molecular formula is C13H20N3O3PS2. The molecule has 0 aliphatic heterocycles. The summed E-state index contributed by atoms with van der Waals surface area (Å²) in [5.41, 5.74) is 8.40. The SMILES string of the molecule is CCCSP(=O)(OCC)Oc1ccccc1C=NNC(N)=S. The molecule has 0 heterocycles. The van der Waals surface area contributed by atoms with Crippen LogP contribution in [0.3, 0.4) is 0 Å². The predicted molar refractivity (Wildman–Crippen MR) is 96.6 cm³/mol. The molecule has 3 N–H and O–H groups in total. The van der Waals surface area contributed by atoms with Crippen LogP contribution < -0.4 is 15.7 Å². The van der Waals surface area contributed by atoms with E-state index in [-0.39, 0.29) is 5.11 Å². The molecule has 0 aromatic heterocycles. The lowest BCUT2D eigenvalue weighted by molar-refractivity contribution is 0.296. The normalized spacial score (nSPS) is 13.7. The fourth-order valence-corrected chi connectivity index (χ4v) is 4.93. The first-order valence-corrected chi connectivity index (χ1v) is 10.3. The van der Waals surface area contributed by atoms with Gasteiger partial charge in [0.25, 0.3) is 0 Å². The Balaban J connectivity index is 2.92. The molecule has 122 valence electrons. The highest BCUT2D eigenvalue weighted by atomic mass is 32.7. The first kappa shape index (κ1) is 19.0. The highest BCUT2D eigenvalue weighted by Crippen LogP contribution is 2.60. The topological polar surface area (TPSA) is 85.9 Å². The van der Waals surface area contributed by atoms with Gasteiger partial charge in [-0.3, -0.25) is 9.95 Å². The quantitative estimate of drug-likeness (QED) is 0.301. The maximum absolute atomic E-state index is 12.7. The van der Waals surface area contributed by atoms with E-state index in [1.54, 1.807) is 25.1 Å². The number of para-hydroxylation sites is 1. The maximum atomic E-state index is 12.7. The number of hydrogen-bond acceptors (Lipinski definition) is 6.